The molecule has 6 heteroatoms. The fourth-order valence-corrected chi connectivity index (χ4v) is 3.92. The van der Waals surface area contributed by atoms with E-state index in [2.05, 4.69) is 13.8 Å². The first-order chi connectivity index (χ1) is 15.3. The van der Waals surface area contributed by atoms with Crippen LogP contribution in [0.1, 0.15) is 57.6 Å². The van der Waals surface area contributed by atoms with Crippen molar-refractivity contribution < 1.29 is 28.5 Å². The number of rotatable bonds is 8. The highest BCUT2D eigenvalue weighted by Crippen LogP contribution is 2.45. The molecule has 5 nitrogen and oxygen atoms in total. The van der Waals surface area contributed by atoms with Crippen LogP contribution in [0.25, 0.3) is 17.2 Å². The van der Waals surface area contributed by atoms with E-state index in [1.54, 1.807) is 18.2 Å². The molecule has 0 aliphatic carbocycles. The van der Waals surface area contributed by atoms with Gasteiger partial charge in [0, 0.05) is 12.0 Å². The van der Waals surface area contributed by atoms with Crippen molar-refractivity contribution in [2.75, 3.05) is 13.2 Å². The van der Waals surface area contributed by atoms with Gasteiger partial charge in [0.25, 0.3) is 0 Å². The van der Waals surface area contributed by atoms with Crippen LogP contribution in [0, 0.1) is 5.82 Å². The number of carbonyl (C=O) groups is 1. The monoisotopic (exact) mass is 442 g/mol. The maximum Gasteiger partial charge on any atom is 0.309 e. The van der Waals surface area contributed by atoms with Gasteiger partial charge < -0.3 is 19.3 Å². The Bertz CT molecular complexity index is 965. The van der Waals surface area contributed by atoms with Crippen LogP contribution < -0.4 is 9.47 Å². The Morgan fingerprint density at radius 1 is 1.19 bits per heavy atom. The summed E-state index contributed by atoms with van der Waals surface area (Å²) in [6.07, 6.45) is 2.83. The number of halogens is 1. The quantitative estimate of drug-likeness (QED) is 0.548. The van der Waals surface area contributed by atoms with Crippen molar-refractivity contribution in [1.82, 2.24) is 0 Å². The van der Waals surface area contributed by atoms with Gasteiger partial charge in [0.1, 0.15) is 11.9 Å². The van der Waals surface area contributed by atoms with Crippen LogP contribution in [0.2, 0.25) is 0 Å². The van der Waals surface area contributed by atoms with Crippen LogP contribution >= 0.6 is 0 Å². The summed E-state index contributed by atoms with van der Waals surface area (Å²) in [7, 11) is 0. The van der Waals surface area contributed by atoms with E-state index in [4.69, 9.17) is 14.2 Å². The van der Waals surface area contributed by atoms with Crippen molar-refractivity contribution in [2.24, 2.45) is 0 Å². The molecule has 1 aliphatic rings. The highest BCUT2D eigenvalue weighted by Gasteiger charge is 2.26. The van der Waals surface area contributed by atoms with Gasteiger partial charge in [-0.05, 0) is 60.7 Å². The predicted octanol–water partition coefficient (Wildman–Crippen LogP) is 5.49. The van der Waals surface area contributed by atoms with Crippen molar-refractivity contribution in [1.29, 1.82) is 0 Å². The molecule has 0 aromatic heterocycles. The fraction of sp³-hybridized carbons (Fsp3) is 0.423. The molecule has 1 heterocycles. The largest absolute Gasteiger partial charge is 0.490 e. The highest BCUT2D eigenvalue weighted by molar-refractivity contribution is 5.85. The van der Waals surface area contributed by atoms with Crippen molar-refractivity contribution >= 4 is 12.0 Å². The molecule has 0 bridgehead atoms. The van der Waals surface area contributed by atoms with E-state index in [1.807, 2.05) is 26.0 Å². The molecular weight excluding hydrogens is 411 g/mol. The van der Waals surface area contributed by atoms with Crippen LogP contribution in [-0.4, -0.2) is 36.5 Å². The molecule has 0 spiro atoms. The normalized spacial score (nSPS) is 18.8. The average Bonchev–Trinajstić information content (AvgIpc) is 2.73. The second-order valence-corrected chi connectivity index (χ2v) is 8.09. The molecule has 1 fully saturated rings. The van der Waals surface area contributed by atoms with Crippen molar-refractivity contribution in [3.8, 4) is 22.6 Å². The topological polar surface area (TPSA) is 65.0 Å². The number of esters is 1. The maximum atomic E-state index is 13.7. The first-order valence-corrected chi connectivity index (χ1v) is 11.1. The number of hydrogen-bond acceptors (Lipinski definition) is 5. The molecule has 2 atom stereocenters. The van der Waals surface area contributed by atoms with Crippen LogP contribution in [0.5, 0.6) is 11.5 Å². The second-order valence-electron chi connectivity index (χ2n) is 8.09. The van der Waals surface area contributed by atoms with E-state index in [1.165, 1.54) is 12.1 Å². The molecule has 0 amide bonds. The average molecular weight is 443 g/mol. The van der Waals surface area contributed by atoms with E-state index in [-0.39, 0.29) is 18.2 Å². The Kier molecular flexibility index (Phi) is 7.91. The molecule has 2 aromatic rings. The van der Waals surface area contributed by atoms with Crippen LogP contribution in [0.4, 0.5) is 4.39 Å². The summed E-state index contributed by atoms with van der Waals surface area (Å²) >= 11 is 0. The maximum absolute atomic E-state index is 13.7. The van der Waals surface area contributed by atoms with E-state index in [0.717, 1.165) is 22.3 Å². The van der Waals surface area contributed by atoms with Crippen LogP contribution in [-0.2, 0) is 9.53 Å². The zero-order valence-corrected chi connectivity index (χ0v) is 19.1. The summed E-state index contributed by atoms with van der Waals surface area (Å²) in [5, 5.41) is 9.95. The van der Waals surface area contributed by atoms with Gasteiger partial charge in [0.05, 0.1) is 25.7 Å². The summed E-state index contributed by atoms with van der Waals surface area (Å²) in [4.78, 5) is 11.8. The molecule has 1 aliphatic heterocycles. The third-order valence-corrected chi connectivity index (χ3v) is 5.33. The number of aliphatic hydroxyl groups excluding tert-OH is 1. The minimum Gasteiger partial charge on any atom is -0.490 e. The number of aliphatic hydroxyl groups is 1. The predicted molar refractivity (Wildman–Crippen MR) is 122 cm³/mol. The summed E-state index contributed by atoms with van der Waals surface area (Å²) in [5.74, 6) is 0.642. The first-order valence-electron chi connectivity index (χ1n) is 11.1. The Hall–Kier alpha value is -2.86. The SMILES string of the molecule is CCOc1cc(C(C)C)c(/C=C/[C@@H]2C[C@@H](O)CC(=O)O2)c(-c2ccc(F)cc2)c1OCC. The summed E-state index contributed by atoms with van der Waals surface area (Å²) in [6.45, 7) is 8.90. The number of hydrogen-bond donors (Lipinski definition) is 1. The van der Waals surface area contributed by atoms with Gasteiger partial charge in [-0.1, -0.05) is 32.1 Å². The Labute approximate surface area is 188 Å². The molecule has 0 saturated carbocycles. The standard InChI is InChI=1S/C26H31FO5/c1-5-30-23-15-22(16(3)4)21(12-11-20-13-19(28)14-24(29)32-20)25(26(23)31-6-2)17-7-9-18(27)10-8-17/h7-12,15-16,19-20,28H,5-6,13-14H2,1-4H3/b12-11+/t19-,20-/m1/s1. The number of cyclic esters (lactones) is 1. The van der Waals surface area contributed by atoms with Crippen molar-refractivity contribution in [3.63, 3.8) is 0 Å². The Morgan fingerprint density at radius 3 is 2.47 bits per heavy atom. The van der Waals surface area contributed by atoms with Crippen LogP contribution in [0.15, 0.2) is 36.4 Å². The van der Waals surface area contributed by atoms with E-state index >= 15 is 0 Å². The van der Waals surface area contributed by atoms with Gasteiger partial charge >= 0.3 is 5.97 Å². The fourth-order valence-electron chi connectivity index (χ4n) is 3.92. The smallest absolute Gasteiger partial charge is 0.309 e. The number of ether oxygens (including phenoxy) is 3. The molecule has 1 N–H and O–H groups in total. The van der Waals surface area contributed by atoms with Gasteiger partial charge in [-0.15, -0.1) is 0 Å². The van der Waals surface area contributed by atoms with Gasteiger partial charge in [0.15, 0.2) is 11.5 Å². The molecule has 3 rings (SSSR count). The lowest BCUT2D eigenvalue weighted by Crippen LogP contribution is -2.31. The van der Waals surface area contributed by atoms with Crippen molar-refractivity contribution in [3.05, 3.63) is 53.4 Å². The molecule has 0 radical (unpaired) electrons. The Morgan fingerprint density at radius 2 is 1.88 bits per heavy atom. The number of carbonyl (C=O) groups excluding carboxylic acids is 1. The zero-order chi connectivity index (χ0) is 23.3. The minimum absolute atomic E-state index is 0.0138. The number of benzene rings is 2. The summed E-state index contributed by atoms with van der Waals surface area (Å²) in [5.41, 5.74) is 3.49. The highest BCUT2D eigenvalue weighted by atomic mass is 19.1. The third-order valence-electron chi connectivity index (χ3n) is 5.33. The zero-order valence-electron chi connectivity index (χ0n) is 19.1. The van der Waals surface area contributed by atoms with Crippen LogP contribution in [0.3, 0.4) is 0 Å². The van der Waals surface area contributed by atoms with E-state index < -0.39 is 18.2 Å². The van der Waals surface area contributed by atoms with Crippen molar-refractivity contribution in [2.45, 2.75) is 58.7 Å². The molecule has 0 unspecified atom stereocenters. The minimum atomic E-state index is -0.716. The molecular formula is C26H31FO5. The molecule has 32 heavy (non-hydrogen) atoms. The lowest BCUT2D eigenvalue weighted by molar-refractivity contribution is -0.156. The van der Waals surface area contributed by atoms with E-state index in [9.17, 15) is 14.3 Å². The molecule has 1 saturated heterocycles. The lowest BCUT2D eigenvalue weighted by Gasteiger charge is -2.25. The Balaban J connectivity index is 2.22. The first kappa shape index (κ1) is 23.8. The summed E-state index contributed by atoms with van der Waals surface area (Å²) in [6, 6.07) is 8.25. The van der Waals surface area contributed by atoms with E-state index in [0.29, 0.717) is 31.1 Å². The second kappa shape index (κ2) is 10.6. The molecule has 172 valence electrons. The summed E-state index contributed by atoms with van der Waals surface area (Å²) < 4.78 is 31.0. The van der Waals surface area contributed by atoms with Gasteiger partial charge in [-0.25, -0.2) is 4.39 Å². The van der Waals surface area contributed by atoms with Gasteiger partial charge in [-0.3, -0.25) is 4.79 Å². The lowest BCUT2D eigenvalue weighted by atomic mass is 9.88. The van der Waals surface area contributed by atoms with Gasteiger partial charge in [-0.2, -0.15) is 0 Å². The molecule has 2 aromatic carbocycles. The van der Waals surface area contributed by atoms with Gasteiger partial charge in [0.2, 0.25) is 0 Å². The third kappa shape index (κ3) is 5.49.